The highest BCUT2D eigenvalue weighted by molar-refractivity contribution is 5.90. The van der Waals surface area contributed by atoms with Crippen LogP contribution in [-0.2, 0) is 11.3 Å². The van der Waals surface area contributed by atoms with E-state index in [9.17, 15) is 14.7 Å². The third-order valence-electron chi connectivity index (χ3n) is 5.77. The summed E-state index contributed by atoms with van der Waals surface area (Å²) in [4.78, 5) is 33.9. The van der Waals surface area contributed by atoms with Crippen LogP contribution >= 0.6 is 0 Å². The van der Waals surface area contributed by atoms with Crippen LogP contribution < -0.4 is 0 Å². The summed E-state index contributed by atoms with van der Waals surface area (Å²) in [6, 6.07) is 5.51. The molecular formula is C22H30N4O4. The Morgan fingerprint density at radius 3 is 2.77 bits per heavy atom. The molecule has 8 nitrogen and oxygen atoms in total. The second-order valence-corrected chi connectivity index (χ2v) is 8.17. The molecule has 8 heteroatoms. The van der Waals surface area contributed by atoms with Gasteiger partial charge in [0.1, 0.15) is 0 Å². The van der Waals surface area contributed by atoms with Gasteiger partial charge < -0.3 is 14.5 Å². The molecule has 3 rings (SSSR count). The molecule has 2 aromatic heterocycles. The zero-order chi connectivity index (χ0) is 21.3. The van der Waals surface area contributed by atoms with Crippen LogP contribution in [0.2, 0.25) is 0 Å². The van der Waals surface area contributed by atoms with Crippen molar-refractivity contribution in [3.8, 4) is 0 Å². The molecule has 0 spiro atoms. The molecule has 0 aliphatic heterocycles. The Bertz CT molecular complexity index is 818. The highest BCUT2D eigenvalue weighted by atomic mass is 16.5. The molecule has 162 valence electrons. The van der Waals surface area contributed by atoms with E-state index in [4.69, 9.17) is 4.52 Å². The summed E-state index contributed by atoms with van der Waals surface area (Å²) < 4.78 is 5.30. The number of amides is 1. The number of nitrogens with zero attached hydrogens (tertiary/aromatic N) is 4. The molecule has 30 heavy (non-hydrogen) atoms. The minimum atomic E-state index is -0.906. The van der Waals surface area contributed by atoms with Gasteiger partial charge in [-0.1, -0.05) is 56.2 Å². The molecule has 0 radical (unpaired) electrons. The van der Waals surface area contributed by atoms with Crippen LogP contribution in [-0.4, -0.2) is 44.1 Å². The molecule has 1 N–H and O–H groups in total. The number of carbonyl (C=O) groups excluding carboxylic acids is 1. The first kappa shape index (κ1) is 21.9. The molecule has 1 aliphatic carbocycles. The molecule has 0 unspecified atom stereocenters. The highest BCUT2D eigenvalue weighted by Crippen LogP contribution is 2.31. The number of carbonyl (C=O) groups is 2. The maximum atomic E-state index is 12.6. The summed E-state index contributed by atoms with van der Waals surface area (Å²) in [5.41, 5.74) is 0.753. The first-order valence-corrected chi connectivity index (χ1v) is 10.7. The van der Waals surface area contributed by atoms with Gasteiger partial charge in [-0.15, -0.1) is 0 Å². The molecular weight excluding hydrogens is 384 g/mol. The van der Waals surface area contributed by atoms with Crippen molar-refractivity contribution in [2.24, 2.45) is 5.92 Å². The molecule has 0 saturated heterocycles. The van der Waals surface area contributed by atoms with Crippen LogP contribution in [0.3, 0.4) is 0 Å². The average Bonchev–Trinajstić information content (AvgIpc) is 3.24. The molecule has 1 aliphatic rings. The molecule has 1 saturated carbocycles. The van der Waals surface area contributed by atoms with Gasteiger partial charge in [-0.3, -0.25) is 14.6 Å². The second kappa shape index (κ2) is 10.8. The van der Waals surface area contributed by atoms with E-state index in [2.05, 4.69) is 15.1 Å². The molecule has 2 heterocycles. The summed E-state index contributed by atoms with van der Waals surface area (Å²) in [6.07, 6.45) is 10.7. The lowest BCUT2D eigenvalue weighted by atomic mass is 9.84. The summed E-state index contributed by atoms with van der Waals surface area (Å²) in [5.74, 6) is -0.741. The monoisotopic (exact) mass is 414 g/mol. The van der Waals surface area contributed by atoms with E-state index in [0.717, 1.165) is 24.5 Å². The van der Waals surface area contributed by atoms with Gasteiger partial charge in [0.2, 0.25) is 5.89 Å². The Balaban J connectivity index is 1.59. The Labute approximate surface area is 176 Å². The second-order valence-electron chi connectivity index (χ2n) is 8.17. The average molecular weight is 415 g/mol. The van der Waals surface area contributed by atoms with Crippen LogP contribution in [0.15, 0.2) is 28.9 Å². The minimum Gasteiger partial charge on any atom is -0.481 e. The van der Waals surface area contributed by atoms with Gasteiger partial charge in [0.15, 0.2) is 0 Å². The van der Waals surface area contributed by atoms with Crippen molar-refractivity contribution in [1.82, 2.24) is 20.0 Å². The van der Waals surface area contributed by atoms with Crippen molar-refractivity contribution in [2.75, 3.05) is 7.05 Å². The quantitative estimate of drug-likeness (QED) is 0.624. The number of pyridine rings is 1. The van der Waals surface area contributed by atoms with Gasteiger partial charge in [-0.05, 0) is 24.5 Å². The van der Waals surface area contributed by atoms with Gasteiger partial charge >= 0.3 is 5.97 Å². The Kier molecular flexibility index (Phi) is 7.93. The van der Waals surface area contributed by atoms with Crippen LogP contribution in [0.1, 0.15) is 85.9 Å². The van der Waals surface area contributed by atoms with Crippen LogP contribution in [0.5, 0.6) is 0 Å². The van der Waals surface area contributed by atoms with E-state index in [1.807, 2.05) is 18.2 Å². The number of aliphatic carboxylic acids is 1. The third kappa shape index (κ3) is 6.37. The number of hydrogen-bond donors (Lipinski definition) is 1. The number of aromatic nitrogens is 3. The lowest BCUT2D eigenvalue weighted by Crippen LogP contribution is -2.27. The van der Waals surface area contributed by atoms with Crippen LogP contribution in [0.25, 0.3) is 0 Å². The lowest BCUT2D eigenvalue weighted by Gasteiger charge is -2.21. The smallest absolute Gasteiger partial charge is 0.304 e. The summed E-state index contributed by atoms with van der Waals surface area (Å²) in [6.45, 7) is 0.323. The lowest BCUT2D eigenvalue weighted by molar-refractivity contribution is -0.137. The van der Waals surface area contributed by atoms with Crippen molar-refractivity contribution in [3.63, 3.8) is 0 Å². The van der Waals surface area contributed by atoms with Gasteiger partial charge in [-0.25, -0.2) is 0 Å². The predicted molar refractivity (Wildman–Crippen MR) is 110 cm³/mol. The first-order valence-electron chi connectivity index (χ1n) is 10.7. The van der Waals surface area contributed by atoms with Gasteiger partial charge in [0, 0.05) is 19.2 Å². The first-order chi connectivity index (χ1) is 14.5. The van der Waals surface area contributed by atoms with Crippen molar-refractivity contribution in [3.05, 3.63) is 41.8 Å². The molecule has 0 aromatic carbocycles. The van der Waals surface area contributed by atoms with Crippen molar-refractivity contribution >= 4 is 11.9 Å². The number of carboxylic acid groups (broad SMARTS) is 1. The summed E-state index contributed by atoms with van der Waals surface area (Å²) in [5, 5.41) is 13.1. The number of carboxylic acids is 1. The van der Waals surface area contributed by atoms with E-state index in [-0.39, 0.29) is 30.0 Å². The Morgan fingerprint density at radius 1 is 1.27 bits per heavy atom. The van der Waals surface area contributed by atoms with E-state index < -0.39 is 5.97 Å². The molecule has 1 fully saturated rings. The maximum absolute atomic E-state index is 12.6. The largest absolute Gasteiger partial charge is 0.481 e. The molecule has 1 amide bonds. The van der Waals surface area contributed by atoms with Crippen molar-refractivity contribution in [1.29, 1.82) is 0 Å². The number of hydrogen-bond acceptors (Lipinski definition) is 6. The van der Waals surface area contributed by atoms with Crippen LogP contribution in [0.4, 0.5) is 0 Å². The topological polar surface area (TPSA) is 109 Å². The Morgan fingerprint density at radius 2 is 2.07 bits per heavy atom. The standard InChI is InChI=1S/C22H30N4O4/c1-26(15-18-12-5-6-13-23-18)22(29)20-24-21(30-25-20)17(14-19(27)28)11-7-10-16-8-3-2-4-9-16/h5-6,12-13,16-17H,2-4,7-11,14-15H2,1H3,(H,27,28)/t17-/m1/s1. The van der Waals surface area contributed by atoms with Crippen LogP contribution in [0, 0.1) is 5.92 Å². The minimum absolute atomic E-state index is 0.0499. The van der Waals surface area contributed by atoms with E-state index in [0.29, 0.717) is 13.0 Å². The van der Waals surface area contributed by atoms with E-state index in [1.165, 1.54) is 37.0 Å². The van der Waals surface area contributed by atoms with Gasteiger partial charge in [-0.2, -0.15) is 4.98 Å². The van der Waals surface area contributed by atoms with Gasteiger partial charge in [0.05, 0.1) is 18.7 Å². The number of rotatable bonds is 10. The van der Waals surface area contributed by atoms with E-state index >= 15 is 0 Å². The summed E-state index contributed by atoms with van der Waals surface area (Å²) in [7, 11) is 1.64. The SMILES string of the molecule is CN(Cc1ccccn1)C(=O)c1noc([C@H](CCCC2CCCCC2)CC(=O)O)n1. The highest BCUT2D eigenvalue weighted by Gasteiger charge is 2.26. The molecule has 0 bridgehead atoms. The summed E-state index contributed by atoms with van der Waals surface area (Å²) >= 11 is 0. The zero-order valence-electron chi connectivity index (χ0n) is 17.5. The Hall–Kier alpha value is -2.77. The normalized spacial score (nSPS) is 15.6. The predicted octanol–water partition coefficient (Wildman–Crippen LogP) is 4.05. The fourth-order valence-corrected chi connectivity index (χ4v) is 4.12. The van der Waals surface area contributed by atoms with E-state index in [1.54, 1.807) is 13.2 Å². The van der Waals surface area contributed by atoms with Gasteiger partial charge in [0.25, 0.3) is 11.7 Å². The molecule has 2 aromatic rings. The molecule has 1 atom stereocenters. The van der Waals surface area contributed by atoms with Crippen molar-refractivity contribution in [2.45, 2.75) is 70.3 Å². The van der Waals surface area contributed by atoms with Crippen molar-refractivity contribution < 1.29 is 19.2 Å². The fraction of sp³-hybridized carbons (Fsp3) is 0.591. The zero-order valence-corrected chi connectivity index (χ0v) is 17.5. The fourth-order valence-electron chi connectivity index (χ4n) is 4.12. The maximum Gasteiger partial charge on any atom is 0.304 e. The third-order valence-corrected chi connectivity index (χ3v) is 5.77.